The summed E-state index contributed by atoms with van der Waals surface area (Å²) in [7, 11) is 1.43. The molecule has 4 nitrogen and oxygen atoms in total. The minimum atomic E-state index is -0.192. The number of esters is 1. The van der Waals surface area contributed by atoms with E-state index in [0.29, 0.717) is 23.5 Å². The molecule has 0 saturated carbocycles. The van der Waals surface area contributed by atoms with E-state index in [-0.39, 0.29) is 23.2 Å². The zero-order valence-corrected chi connectivity index (χ0v) is 14.5. The number of thioether (sulfide) groups is 1. The van der Waals surface area contributed by atoms with E-state index < -0.39 is 0 Å². The number of nitrogens with zero attached hydrogens (tertiary/aromatic N) is 1. The van der Waals surface area contributed by atoms with Crippen LogP contribution in [0.4, 0.5) is 0 Å². The molecule has 4 atom stereocenters. The van der Waals surface area contributed by atoms with Gasteiger partial charge in [0, 0.05) is 18.3 Å². The Morgan fingerprint density at radius 1 is 1.38 bits per heavy atom. The fourth-order valence-electron chi connectivity index (χ4n) is 2.37. The average Bonchev–Trinajstić information content (AvgIpc) is 2.72. The summed E-state index contributed by atoms with van der Waals surface area (Å²) >= 11 is 7.18. The highest BCUT2D eigenvalue weighted by atomic mass is 32.2. The van der Waals surface area contributed by atoms with Gasteiger partial charge in [0.1, 0.15) is 0 Å². The molecule has 1 heterocycles. The molecule has 1 N–H and O–H groups in total. The molecule has 0 radical (unpaired) electrons. The highest BCUT2D eigenvalue weighted by Crippen LogP contribution is 2.42. The van der Waals surface area contributed by atoms with E-state index in [1.54, 1.807) is 23.9 Å². The maximum absolute atomic E-state index is 12.0. The van der Waals surface area contributed by atoms with Crippen LogP contribution in [0.15, 0.2) is 25.3 Å². The molecule has 0 amide bonds. The lowest BCUT2D eigenvalue weighted by atomic mass is 9.92. The summed E-state index contributed by atoms with van der Waals surface area (Å²) in [6.07, 6.45) is 3.59. The van der Waals surface area contributed by atoms with Gasteiger partial charge in [0.25, 0.3) is 0 Å². The van der Waals surface area contributed by atoms with Gasteiger partial charge in [-0.2, -0.15) is 0 Å². The molecule has 0 aliphatic carbocycles. The van der Waals surface area contributed by atoms with Crippen molar-refractivity contribution in [2.24, 2.45) is 11.8 Å². The third-order valence-electron chi connectivity index (χ3n) is 3.72. The number of ether oxygens (including phenoxy) is 1. The zero-order valence-electron chi connectivity index (χ0n) is 12.9. The van der Waals surface area contributed by atoms with E-state index in [4.69, 9.17) is 17.0 Å². The second-order valence-electron chi connectivity index (χ2n) is 5.10. The zero-order chi connectivity index (χ0) is 16.0. The number of nitrogens with one attached hydrogen (secondary N) is 1. The van der Waals surface area contributed by atoms with Crippen LogP contribution in [0.1, 0.15) is 13.8 Å². The lowest BCUT2D eigenvalue weighted by Crippen LogP contribution is -2.47. The molecule has 0 aromatic carbocycles. The third-order valence-corrected chi connectivity index (χ3v) is 5.66. The number of thiocarbonyl (C=S) groups is 1. The van der Waals surface area contributed by atoms with Gasteiger partial charge in [-0.3, -0.25) is 4.79 Å². The van der Waals surface area contributed by atoms with Crippen molar-refractivity contribution in [3.05, 3.63) is 25.3 Å². The lowest BCUT2D eigenvalue weighted by Gasteiger charge is -2.28. The van der Waals surface area contributed by atoms with Crippen LogP contribution in [0, 0.1) is 11.8 Å². The van der Waals surface area contributed by atoms with Crippen LogP contribution >= 0.6 is 24.0 Å². The SMILES string of the molecule is C=CCN(CC=C)C(=S)NC1SC(C)C(C)C1C(=O)OC. The van der Waals surface area contributed by atoms with Crippen molar-refractivity contribution in [3.63, 3.8) is 0 Å². The maximum atomic E-state index is 12.0. The molecule has 1 aliphatic rings. The van der Waals surface area contributed by atoms with Crippen LogP contribution in [0.5, 0.6) is 0 Å². The van der Waals surface area contributed by atoms with E-state index in [0.717, 1.165) is 0 Å². The lowest BCUT2D eigenvalue weighted by molar-refractivity contribution is -0.146. The summed E-state index contributed by atoms with van der Waals surface area (Å²) in [5.41, 5.74) is 0. The van der Waals surface area contributed by atoms with Crippen molar-refractivity contribution in [2.75, 3.05) is 20.2 Å². The van der Waals surface area contributed by atoms with Crippen molar-refractivity contribution in [3.8, 4) is 0 Å². The van der Waals surface area contributed by atoms with Gasteiger partial charge in [-0.05, 0) is 18.1 Å². The Bertz CT molecular complexity index is 404. The van der Waals surface area contributed by atoms with Crippen LogP contribution in [0.2, 0.25) is 0 Å². The van der Waals surface area contributed by atoms with Crippen LogP contribution < -0.4 is 5.32 Å². The molecule has 118 valence electrons. The van der Waals surface area contributed by atoms with Crippen LogP contribution in [-0.4, -0.2) is 46.8 Å². The number of carbonyl (C=O) groups is 1. The van der Waals surface area contributed by atoms with Gasteiger partial charge >= 0.3 is 5.97 Å². The summed E-state index contributed by atoms with van der Waals surface area (Å²) in [5.74, 6) is -0.129. The van der Waals surface area contributed by atoms with Gasteiger partial charge in [-0.25, -0.2) is 0 Å². The van der Waals surface area contributed by atoms with Gasteiger partial charge in [0.15, 0.2) is 5.11 Å². The first-order valence-corrected chi connectivity index (χ1v) is 8.31. The molecule has 0 bridgehead atoms. The van der Waals surface area contributed by atoms with Gasteiger partial charge in [0.2, 0.25) is 0 Å². The monoisotopic (exact) mass is 328 g/mol. The predicted octanol–water partition coefficient (Wildman–Crippen LogP) is 2.42. The summed E-state index contributed by atoms with van der Waals surface area (Å²) < 4.78 is 4.94. The molecule has 0 spiro atoms. The largest absolute Gasteiger partial charge is 0.469 e. The molecule has 6 heteroatoms. The van der Waals surface area contributed by atoms with Gasteiger partial charge in [-0.1, -0.05) is 26.0 Å². The smallest absolute Gasteiger partial charge is 0.311 e. The molecule has 1 aliphatic heterocycles. The second-order valence-corrected chi connectivity index (χ2v) is 7.01. The summed E-state index contributed by atoms with van der Waals surface area (Å²) in [6.45, 7) is 13.0. The normalized spacial score (nSPS) is 27.8. The van der Waals surface area contributed by atoms with Gasteiger partial charge < -0.3 is 15.0 Å². The Morgan fingerprint density at radius 2 is 1.95 bits per heavy atom. The highest BCUT2D eigenvalue weighted by molar-refractivity contribution is 8.00. The first-order chi connectivity index (χ1) is 9.96. The van der Waals surface area contributed by atoms with E-state index in [9.17, 15) is 4.79 Å². The molecule has 0 aromatic heterocycles. The Labute approximate surface area is 137 Å². The second kappa shape index (κ2) is 8.44. The van der Waals surface area contributed by atoms with E-state index in [1.807, 2.05) is 4.90 Å². The standard InChI is InChI=1S/C15H24N2O2S2/c1-6-8-17(9-7-2)15(20)16-13-12(14(18)19-5)10(3)11(4)21-13/h6-7,10-13H,1-2,8-9H2,3-5H3,(H,16,20). The van der Waals surface area contributed by atoms with Crippen molar-refractivity contribution in [1.29, 1.82) is 0 Å². The Balaban J connectivity index is 2.78. The molecule has 1 saturated heterocycles. The van der Waals surface area contributed by atoms with E-state index in [2.05, 4.69) is 32.3 Å². The highest BCUT2D eigenvalue weighted by Gasteiger charge is 2.44. The summed E-state index contributed by atoms with van der Waals surface area (Å²) in [4.78, 5) is 14.0. The minimum Gasteiger partial charge on any atom is -0.469 e. The molecule has 21 heavy (non-hydrogen) atoms. The van der Waals surface area contributed by atoms with Gasteiger partial charge in [0.05, 0.1) is 18.4 Å². The Hall–Kier alpha value is -1.01. The minimum absolute atomic E-state index is 0.0629. The van der Waals surface area contributed by atoms with Crippen LogP contribution in [-0.2, 0) is 9.53 Å². The molecular weight excluding hydrogens is 304 g/mol. The fraction of sp³-hybridized carbons (Fsp3) is 0.600. The molecule has 1 rings (SSSR count). The van der Waals surface area contributed by atoms with Crippen molar-refractivity contribution in [2.45, 2.75) is 24.5 Å². The number of hydrogen-bond donors (Lipinski definition) is 1. The topological polar surface area (TPSA) is 41.6 Å². The van der Waals surface area contributed by atoms with E-state index >= 15 is 0 Å². The average molecular weight is 329 g/mol. The van der Waals surface area contributed by atoms with Crippen LogP contribution in [0.3, 0.4) is 0 Å². The van der Waals surface area contributed by atoms with Gasteiger partial charge in [-0.15, -0.1) is 24.9 Å². The van der Waals surface area contributed by atoms with Crippen LogP contribution in [0.25, 0.3) is 0 Å². The molecular formula is C15H24N2O2S2. The number of hydrogen-bond acceptors (Lipinski definition) is 4. The molecule has 0 aromatic rings. The predicted molar refractivity (Wildman–Crippen MR) is 93.2 cm³/mol. The van der Waals surface area contributed by atoms with Crippen molar-refractivity contribution < 1.29 is 9.53 Å². The first kappa shape index (κ1) is 18.0. The maximum Gasteiger partial charge on any atom is 0.311 e. The first-order valence-electron chi connectivity index (χ1n) is 6.96. The van der Waals surface area contributed by atoms with E-state index in [1.165, 1.54) is 7.11 Å². The summed E-state index contributed by atoms with van der Waals surface area (Å²) in [6, 6.07) is 0. The number of carbonyl (C=O) groups excluding carboxylic acids is 1. The quantitative estimate of drug-likeness (QED) is 0.459. The Morgan fingerprint density at radius 3 is 2.43 bits per heavy atom. The van der Waals surface area contributed by atoms with Crippen molar-refractivity contribution >= 4 is 35.1 Å². The summed E-state index contributed by atoms with van der Waals surface area (Å²) in [5, 5.41) is 4.23. The molecule has 1 fully saturated rings. The Kier molecular flexibility index (Phi) is 7.25. The van der Waals surface area contributed by atoms with Crippen molar-refractivity contribution in [1.82, 2.24) is 10.2 Å². The fourth-order valence-corrected chi connectivity index (χ4v) is 4.31. The number of methoxy groups -OCH3 is 1. The molecule has 4 unspecified atom stereocenters. The number of rotatable bonds is 6. The third kappa shape index (κ3) is 4.48.